The third-order valence-corrected chi connectivity index (χ3v) is 4.40. The van der Waals surface area contributed by atoms with E-state index in [-0.39, 0.29) is 0 Å². The van der Waals surface area contributed by atoms with E-state index in [0.29, 0.717) is 0 Å². The minimum atomic E-state index is 0.906. The van der Waals surface area contributed by atoms with E-state index in [4.69, 9.17) is 0 Å². The minimum absolute atomic E-state index is 0.906. The summed E-state index contributed by atoms with van der Waals surface area (Å²) >= 11 is 1.96. The molecule has 15 heavy (non-hydrogen) atoms. The van der Waals surface area contributed by atoms with E-state index in [1.165, 1.54) is 64.2 Å². The highest BCUT2D eigenvalue weighted by Crippen LogP contribution is 2.21. The van der Waals surface area contributed by atoms with Gasteiger partial charge in [0, 0.05) is 25.0 Å². The second kappa shape index (κ2) is 6.12. The number of likely N-dealkylation sites (tertiary alicyclic amines) is 2. The van der Waals surface area contributed by atoms with E-state index in [9.17, 15) is 0 Å². The molecule has 0 aromatic carbocycles. The van der Waals surface area contributed by atoms with Crippen LogP contribution in [0.15, 0.2) is 0 Å². The van der Waals surface area contributed by atoms with E-state index in [1.54, 1.807) is 0 Å². The third-order valence-electron chi connectivity index (χ3n) is 3.78. The van der Waals surface area contributed by atoms with Gasteiger partial charge < -0.3 is 4.90 Å². The van der Waals surface area contributed by atoms with Gasteiger partial charge in [-0.1, -0.05) is 6.42 Å². The van der Waals surface area contributed by atoms with Crippen LogP contribution in [0.4, 0.5) is 0 Å². The third kappa shape index (κ3) is 3.36. The lowest BCUT2D eigenvalue weighted by molar-refractivity contribution is 0.101. The quantitative estimate of drug-likeness (QED) is 0.731. The van der Waals surface area contributed by atoms with Crippen molar-refractivity contribution in [3.63, 3.8) is 0 Å². The second-order valence-electron chi connectivity index (χ2n) is 4.86. The predicted octanol–water partition coefficient (Wildman–Crippen LogP) is 2.26. The smallest absolute Gasteiger partial charge is 0.0441 e. The van der Waals surface area contributed by atoms with Gasteiger partial charge in [0.1, 0.15) is 0 Å². The molecular formula is C12H24N2S. The molecule has 0 N–H and O–H groups in total. The van der Waals surface area contributed by atoms with Crippen molar-refractivity contribution in [1.82, 2.24) is 9.80 Å². The monoisotopic (exact) mass is 228 g/mol. The van der Waals surface area contributed by atoms with Crippen LogP contribution in [0.5, 0.6) is 0 Å². The van der Waals surface area contributed by atoms with Crippen molar-refractivity contribution >= 4 is 11.8 Å². The fraction of sp³-hybridized carbons (Fsp3) is 1.00. The molecule has 0 unspecified atom stereocenters. The van der Waals surface area contributed by atoms with Crippen molar-refractivity contribution in [2.45, 2.75) is 38.1 Å². The Labute approximate surface area is 98.4 Å². The van der Waals surface area contributed by atoms with E-state index in [2.05, 4.69) is 16.1 Å². The lowest BCUT2D eigenvalue weighted by atomic mass is 10.0. The van der Waals surface area contributed by atoms with Crippen LogP contribution in [0, 0.1) is 0 Å². The van der Waals surface area contributed by atoms with E-state index in [1.807, 2.05) is 11.8 Å². The van der Waals surface area contributed by atoms with Crippen molar-refractivity contribution in [3.05, 3.63) is 0 Å². The molecule has 0 bridgehead atoms. The van der Waals surface area contributed by atoms with Crippen LogP contribution in [-0.4, -0.2) is 54.2 Å². The molecule has 2 rings (SSSR count). The maximum Gasteiger partial charge on any atom is 0.0441 e. The highest BCUT2D eigenvalue weighted by Gasteiger charge is 2.24. The Morgan fingerprint density at radius 1 is 1.00 bits per heavy atom. The van der Waals surface area contributed by atoms with Crippen molar-refractivity contribution in [2.75, 3.05) is 38.3 Å². The van der Waals surface area contributed by atoms with Crippen LogP contribution in [0.2, 0.25) is 0 Å². The van der Waals surface area contributed by atoms with Gasteiger partial charge in [0.25, 0.3) is 0 Å². The highest BCUT2D eigenvalue weighted by molar-refractivity contribution is 7.98. The molecule has 0 amide bonds. The zero-order valence-corrected chi connectivity index (χ0v) is 10.8. The molecule has 3 heteroatoms. The molecular weight excluding hydrogens is 204 g/mol. The Bertz CT molecular complexity index is 172. The van der Waals surface area contributed by atoms with Crippen LogP contribution in [-0.2, 0) is 0 Å². The van der Waals surface area contributed by atoms with Gasteiger partial charge in [-0.05, 0) is 45.0 Å². The minimum Gasteiger partial charge on any atom is -0.300 e. The van der Waals surface area contributed by atoms with Gasteiger partial charge in [-0.15, -0.1) is 11.8 Å². The van der Waals surface area contributed by atoms with Gasteiger partial charge in [-0.25, -0.2) is 0 Å². The number of hydrogen-bond donors (Lipinski definition) is 0. The molecule has 0 aromatic heterocycles. The van der Waals surface area contributed by atoms with Gasteiger partial charge >= 0.3 is 0 Å². The van der Waals surface area contributed by atoms with Gasteiger partial charge in [-0.3, -0.25) is 4.90 Å². The topological polar surface area (TPSA) is 6.48 Å². The molecule has 0 spiro atoms. The lowest BCUT2D eigenvalue weighted by Crippen LogP contribution is -2.46. The average molecular weight is 228 g/mol. The van der Waals surface area contributed by atoms with Crippen LogP contribution in [0.25, 0.3) is 0 Å². The zero-order valence-electron chi connectivity index (χ0n) is 9.95. The Morgan fingerprint density at radius 3 is 2.27 bits per heavy atom. The van der Waals surface area contributed by atoms with Crippen LogP contribution >= 0.6 is 11.8 Å². The fourth-order valence-electron chi connectivity index (χ4n) is 2.88. The Morgan fingerprint density at radius 2 is 1.67 bits per heavy atom. The van der Waals surface area contributed by atoms with Gasteiger partial charge in [0.15, 0.2) is 0 Å². The van der Waals surface area contributed by atoms with E-state index < -0.39 is 0 Å². The van der Waals surface area contributed by atoms with Crippen molar-refractivity contribution in [1.29, 1.82) is 0 Å². The number of hydrogen-bond acceptors (Lipinski definition) is 3. The molecule has 0 saturated carbocycles. The maximum absolute atomic E-state index is 2.75. The summed E-state index contributed by atoms with van der Waals surface area (Å²) in [7, 11) is 0. The fourth-order valence-corrected chi connectivity index (χ4v) is 3.50. The summed E-state index contributed by atoms with van der Waals surface area (Å²) in [6.45, 7) is 5.38. The summed E-state index contributed by atoms with van der Waals surface area (Å²) in [5, 5.41) is 0. The average Bonchev–Trinajstić information content (AvgIpc) is 2.32. The first kappa shape index (κ1) is 11.7. The molecule has 0 aliphatic carbocycles. The molecule has 2 heterocycles. The zero-order chi connectivity index (χ0) is 10.5. The maximum atomic E-state index is 2.75. The summed E-state index contributed by atoms with van der Waals surface area (Å²) in [6, 6.07) is 0.906. The molecule has 0 radical (unpaired) electrons. The first-order chi connectivity index (χ1) is 7.40. The SMILES string of the molecule is CSCN1CCC(N2CCCCC2)CC1. The normalized spacial score (nSPS) is 27.0. The molecule has 2 saturated heterocycles. The molecule has 2 aliphatic rings. The van der Waals surface area contributed by atoms with Gasteiger partial charge in [-0.2, -0.15) is 0 Å². The molecule has 0 aromatic rings. The molecule has 2 nitrogen and oxygen atoms in total. The second-order valence-corrected chi connectivity index (χ2v) is 5.70. The van der Waals surface area contributed by atoms with Crippen molar-refractivity contribution in [3.8, 4) is 0 Å². The van der Waals surface area contributed by atoms with Crippen LogP contribution in [0.3, 0.4) is 0 Å². The first-order valence-corrected chi connectivity index (χ1v) is 7.75. The van der Waals surface area contributed by atoms with E-state index >= 15 is 0 Å². The summed E-state index contributed by atoms with van der Waals surface area (Å²) in [5.74, 6) is 1.23. The summed E-state index contributed by atoms with van der Waals surface area (Å²) in [4.78, 5) is 5.35. The largest absolute Gasteiger partial charge is 0.300 e. The predicted molar refractivity (Wildman–Crippen MR) is 68.4 cm³/mol. The molecule has 0 atom stereocenters. The Kier molecular flexibility index (Phi) is 4.79. The van der Waals surface area contributed by atoms with Crippen molar-refractivity contribution in [2.24, 2.45) is 0 Å². The van der Waals surface area contributed by atoms with Crippen LogP contribution < -0.4 is 0 Å². The number of piperidine rings is 2. The molecule has 88 valence electrons. The standard InChI is InChI=1S/C12H24N2S/c1-15-11-13-9-5-12(6-10-13)14-7-3-2-4-8-14/h12H,2-11H2,1H3. The van der Waals surface area contributed by atoms with Crippen LogP contribution in [0.1, 0.15) is 32.1 Å². The molecule has 2 aliphatic heterocycles. The highest BCUT2D eigenvalue weighted by atomic mass is 32.2. The molecule has 2 fully saturated rings. The summed E-state index contributed by atoms with van der Waals surface area (Å²) in [6.07, 6.45) is 9.34. The first-order valence-electron chi connectivity index (χ1n) is 6.35. The lowest BCUT2D eigenvalue weighted by Gasteiger charge is -2.40. The Balaban J connectivity index is 1.72. The number of rotatable bonds is 3. The summed E-state index contributed by atoms with van der Waals surface area (Å²) < 4.78 is 0. The van der Waals surface area contributed by atoms with Gasteiger partial charge in [0.05, 0.1) is 0 Å². The van der Waals surface area contributed by atoms with Crippen molar-refractivity contribution < 1.29 is 0 Å². The van der Waals surface area contributed by atoms with E-state index in [0.717, 1.165) is 6.04 Å². The summed E-state index contributed by atoms with van der Waals surface area (Å²) in [5.41, 5.74) is 0. The number of thioether (sulfide) groups is 1. The van der Waals surface area contributed by atoms with Gasteiger partial charge in [0.2, 0.25) is 0 Å². The number of nitrogens with zero attached hydrogens (tertiary/aromatic N) is 2. The Hall–Kier alpha value is 0.270.